The Balaban J connectivity index is 0. The molecule has 7 nitrogen and oxygen atoms in total. The van der Waals surface area contributed by atoms with Crippen molar-refractivity contribution in [2.24, 2.45) is 0 Å². The van der Waals surface area contributed by atoms with E-state index in [1.165, 1.54) is 4.90 Å². The minimum absolute atomic E-state index is 0. The van der Waals surface area contributed by atoms with Crippen molar-refractivity contribution in [3.05, 3.63) is 0 Å². The van der Waals surface area contributed by atoms with Crippen LogP contribution in [0.25, 0.3) is 0 Å². The monoisotopic (exact) mass is 335 g/mol. The summed E-state index contributed by atoms with van der Waals surface area (Å²) in [6.45, 7) is 1.35. The van der Waals surface area contributed by atoms with E-state index in [1.807, 2.05) is 0 Å². The molecule has 0 bridgehead atoms. The van der Waals surface area contributed by atoms with Gasteiger partial charge in [0.1, 0.15) is 6.73 Å². The third-order valence-electron chi connectivity index (χ3n) is 1.62. The van der Waals surface area contributed by atoms with Gasteiger partial charge in [-0.1, -0.05) is 0 Å². The van der Waals surface area contributed by atoms with Crippen LogP contribution in [0.4, 0.5) is 0 Å². The number of nitrogens with zero attached hydrogens (tertiary/aromatic N) is 1. The van der Waals surface area contributed by atoms with Crippen molar-refractivity contribution < 1.29 is 25.9 Å². The van der Waals surface area contributed by atoms with Crippen LogP contribution >= 0.6 is 0 Å². The summed E-state index contributed by atoms with van der Waals surface area (Å²) in [7, 11) is -5.76. The van der Waals surface area contributed by atoms with E-state index in [0.29, 0.717) is 0 Å². The van der Waals surface area contributed by atoms with Crippen LogP contribution in [-0.4, -0.2) is 78.4 Å². The topological polar surface area (TPSA) is 96.3 Å². The normalized spacial score (nSPS) is 20.1. The van der Waals surface area contributed by atoms with Crippen LogP contribution in [0.5, 0.6) is 0 Å². The van der Waals surface area contributed by atoms with E-state index in [-0.39, 0.29) is 48.9 Å². The quantitative estimate of drug-likeness (QED) is 0.445. The first-order chi connectivity index (χ1) is 7.01. The van der Waals surface area contributed by atoms with Gasteiger partial charge in [-0.2, -0.15) is 8.42 Å². The Morgan fingerprint density at radius 1 is 1.24 bits per heavy atom. The van der Waals surface area contributed by atoms with Crippen LogP contribution in [-0.2, 0) is 48.8 Å². The minimum atomic E-state index is -3.67. The molecule has 17 heavy (non-hydrogen) atoms. The first-order valence-corrected chi connectivity index (χ1v) is 8.68. The second-order valence-corrected chi connectivity index (χ2v) is 7.70. The van der Waals surface area contributed by atoms with E-state index in [2.05, 4.69) is 30.7 Å². The van der Waals surface area contributed by atoms with Crippen molar-refractivity contribution in [1.82, 2.24) is 4.90 Å². The Morgan fingerprint density at radius 3 is 2.00 bits per heavy atom. The summed E-state index contributed by atoms with van der Waals surface area (Å²) in [6, 6.07) is -0.326. The molecule has 0 aromatic carbocycles. The van der Waals surface area contributed by atoms with Gasteiger partial charge in [-0.05, 0) is 14.0 Å². The van der Waals surface area contributed by atoms with Gasteiger partial charge in [0, 0.05) is 28.4 Å². The number of rotatable bonds is 7. The van der Waals surface area contributed by atoms with Crippen molar-refractivity contribution in [3.8, 4) is 0 Å². The van der Waals surface area contributed by atoms with Crippen LogP contribution in [0.15, 0.2) is 0 Å². The van der Waals surface area contributed by atoms with Crippen molar-refractivity contribution in [3.63, 3.8) is 0 Å². The van der Waals surface area contributed by atoms with Gasteiger partial charge in [-0.15, -0.1) is 0 Å². The van der Waals surface area contributed by atoms with E-state index in [4.69, 9.17) is 9.11 Å². The van der Waals surface area contributed by atoms with E-state index in [1.54, 1.807) is 14.0 Å². The number of hydrogen-bond acceptors (Lipinski definition) is 7. The molecule has 0 fully saturated rings. The Hall–Kier alpha value is 1.54. The Morgan fingerprint density at radius 2 is 1.65 bits per heavy atom. The zero-order valence-electron chi connectivity index (χ0n) is 8.60. The van der Waals surface area contributed by atoms with Gasteiger partial charge >= 0.3 is 29.6 Å². The predicted octanol–water partition coefficient (Wildman–Crippen LogP) is -1.08. The molecule has 0 amide bonds. The van der Waals surface area contributed by atoms with Crippen molar-refractivity contribution in [2.75, 3.05) is 20.4 Å². The van der Waals surface area contributed by atoms with Crippen LogP contribution in [0.2, 0.25) is 0 Å². The fourth-order valence-corrected chi connectivity index (χ4v) is 1.55. The van der Waals surface area contributed by atoms with E-state index >= 15 is 0 Å². The molecule has 0 aliphatic carbocycles. The predicted molar refractivity (Wildman–Crippen MR) is 72.6 cm³/mol. The summed E-state index contributed by atoms with van der Waals surface area (Å²) >= 11 is 8.24. The summed E-state index contributed by atoms with van der Waals surface area (Å²) < 4.78 is 47.5. The van der Waals surface area contributed by atoms with Crippen LogP contribution in [0, 0.1) is 0 Å². The molecule has 12 heteroatoms. The molecule has 0 radical (unpaired) electrons. The van der Waals surface area contributed by atoms with E-state index < -0.39 is 18.1 Å². The molecule has 3 unspecified atom stereocenters. The standard InChI is InChI=1S/C5H13NO6S4.Na.H/c1-5(3-11-15(7,8)13)6(2)4-12-16(9,10)14;;/h5H,3-4H2,1-2H3,(H,7,8,13)(H,9,10,14);;. The number of likely N-dealkylation sites (N-methyl/N-ethyl adjacent to an activating group) is 1. The van der Waals surface area contributed by atoms with E-state index in [0.717, 1.165) is 0 Å². The van der Waals surface area contributed by atoms with Gasteiger partial charge in [0.25, 0.3) is 18.1 Å². The molecule has 0 saturated heterocycles. The fourth-order valence-electron chi connectivity index (χ4n) is 0.589. The molecular weight excluding hydrogens is 321 g/mol. The fraction of sp³-hybridized carbons (Fsp3) is 1.00. The first kappa shape index (κ1) is 20.8. The Labute approximate surface area is 133 Å². The van der Waals surface area contributed by atoms with Crippen LogP contribution in [0.1, 0.15) is 6.92 Å². The van der Waals surface area contributed by atoms with Crippen LogP contribution in [0.3, 0.4) is 0 Å². The molecule has 0 aliphatic heterocycles. The molecule has 100 valence electrons. The summed E-state index contributed by atoms with van der Waals surface area (Å²) in [6.07, 6.45) is 0. The molecule has 0 rings (SSSR count). The Kier molecular flexibility index (Phi) is 10.6. The second-order valence-electron chi connectivity index (χ2n) is 2.99. The van der Waals surface area contributed by atoms with Crippen LogP contribution < -0.4 is 0 Å². The zero-order chi connectivity index (χ0) is 13.0. The SMILES string of the molecule is CC(COS(=O)(O)=S)N(C)COS(=O)(O)=S.[NaH]. The molecule has 0 aliphatic rings. The summed E-state index contributed by atoms with van der Waals surface area (Å²) in [5, 5.41) is 0. The molecule has 0 spiro atoms. The zero-order valence-corrected chi connectivity index (χ0v) is 11.9. The number of hydrogen-bond donors (Lipinski definition) is 2. The van der Waals surface area contributed by atoms with Crippen molar-refractivity contribution in [1.29, 1.82) is 0 Å². The third kappa shape index (κ3) is 13.8. The molecule has 0 saturated carbocycles. The molecule has 3 atom stereocenters. The van der Waals surface area contributed by atoms with Crippen molar-refractivity contribution in [2.45, 2.75) is 13.0 Å². The third-order valence-corrected chi connectivity index (χ3v) is 3.03. The molecule has 0 aromatic rings. The summed E-state index contributed by atoms with van der Waals surface area (Å²) in [4.78, 5) is 1.47. The average molecular weight is 335 g/mol. The maximum absolute atomic E-state index is 10.6. The summed E-state index contributed by atoms with van der Waals surface area (Å²) in [5.74, 6) is 0. The van der Waals surface area contributed by atoms with Gasteiger partial charge in [-0.25, -0.2) is 0 Å². The Bertz CT molecular complexity index is 368. The second kappa shape index (κ2) is 8.66. The van der Waals surface area contributed by atoms with Gasteiger partial charge in [0.2, 0.25) is 0 Å². The maximum atomic E-state index is 10.6. The van der Waals surface area contributed by atoms with Crippen molar-refractivity contribution >= 4 is 70.0 Å². The molecule has 0 heterocycles. The van der Waals surface area contributed by atoms with Gasteiger partial charge < -0.3 is 0 Å². The van der Waals surface area contributed by atoms with Gasteiger partial charge in [-0.3, -0.25) is 22.4 Å². The average Bonchev–Trinajstić information content (AvgIpc) is 2.07. The van der Waals surface area contributed by atoms with E-state index in [9.17, 15) is 8.42 Å². The first-order valence-electron chi connectivity index (χ1n) is 3.95. The van der Waals surface area contributed by atoms with Gasteiger partial charge in [0.15, 0.2) is 0 Å². The summed E-state index contributed by atoms with van der Waals surface area (Å²) in [5.41, 5.74) is 0. The van der Waals surface area contributed by atoms with Gasteiger partial charge in [0.05, 0.1) is 6.61 Å². The molecular formula is C5H14NNaO6S4. The molecule has 0 aromatic heterocycles. The molecule has 2 N–H and O–H groups in total.